The van der Waals surface area contributed by atoms with Crippen LogP contribution in [0.25, 0.3) is 0 Å². The molecular weight excluding hydrogens is 240 g/mol. The SMILES string of the molecule is CCc1cnc(CNC2CCOC3(CCCC3)C2)o1. The van der Waals surface area contributed by atoms with Crippen molar-refractivity contribution in [3.8, 4) is 0 Å². The monoisotopic (exact) mass is 264 g/mol. The van der Waals surface area contributed by atoms with E-state index in [9.17, 15) is 0 Å². The zero-order chi connectivity index (χ0) is 13.1. The highest BCUT2D eigenvalue weighted by atomic mass is 16.5. The zero-order valence-corrected chi connectivity index (χ0v) is 11.8. The lowest BCUT2D eigenvalue weighted by atomic mass is 9.89. The van der Waals surface area contributed by atoms with Crippen LogP contribution in [0.4, 0.5) is 0 Å². The van der Waals surface area contributed by atoms with E-state index < -0.39 is 0 Å². The summed E-state index contributed by atoms with van der Waals surface area (Å²) in [4.78, 5) is 4.30. The normalized spacial score (nSPS) is 26.1. The molecule has 2 fully saturated rings. The summed E-state index contributed by atoms with van der Waals surface area (Å²) in [5.74, 6) is 1.78. The number of aryl methyl sites for hydroxylation is 1. The lowest BCUT2D eigenvalue weighted by molar-refractivity contribution is -0.0839. The Morgan fingerprint density at radius 1 is 1.42 bits per heavy atom. The minimum absolute atomic E-state index is 0.182. The highest BCUT2D eigenvalue weighted by molar-refractivity contribution is 4.96. The van der Waals surface area contributed by atoms with Crippen LogP contribution in [0.2, 0.25) is 0 Å². The van der Waals surface area contributed by atoms with E-state index in [1.807, 2.05) is 6.20 Å². The molecule has 1 unspecified atom stereocenters. The minimum Gasteiger partial charge on any atom is -0.444 e. The molecule has 0 bridgehead atoms. The second-order valence-corrected chi connectivity index (χ2v) is 5.88. The Bertz CT molecular complexity index is 410. The molecule has 3 rings (SSSR count). The topological polar surface area (TPSA) is 47.3 Å². The number of hydrogen-bond donors (Lipinski definition) is 1. The lowest BCUT2D eigenvalue weighted by Crippen LogP contribution is -2.45. The van der Waals surface area contributed by atoms with Crippen molar-refractivity contribution in [2.75, 3.05) is 6.61 Å². The van der Waals surface area contributed by atoms with Gasteiger partial charge in [0.2, 0.25) is 5.89 Å². The fraction of sp³-hybridized carbons (Fsp3) is 0.800. The van der Waals surface area contributed by atoms with Crippen LogP contribution >= 0.6 is 0 Å². The van der Waals surface area contributed by atoms with Gasteiger partial charge in [0, 0.05) is 19.1 Å². The van der Waals surface area contributed by atoms with Gasteiger partial charge in [-0.05, 0) is 25.7 Å². The van der Waals surface area contributed by atoms with Crippen LogP contribution in [0, 0.1) is 0 Å². The van der Waals surface area contributed by atoms with E-state index in [0.717, 1.165) is 44.1 Å². The Hall–Kier alpha value is -0.870. The second-order valence-electron chi connectivity index (χ2n) is 5.88. The molecule has 0 radical (unpaired) electrons. The molecule has 1 saturated carbocycles. The number of nitrogens with zero attached hydrogens (tertiary/aromatic N) is 1. The summed E-state index contributed by atoms with van der Waals surface area (Å²) in [6, 6.07) is 0.545. The van der Waals surface area contributed by atoms with E-state index in [-0.39, 0.29) is 5.60 Å². The van der Waals surface area contributed by atoms with Crippen LogP contribution in [0.15, 0.2) is 10.6 Å². The molecule has 4 nitrogen and oxygen atoms in total. The van der Waals surface area contributed by atoms with E-state index in [4.69, 9.17) is 9.15 Å². The third-order valence-electron chi connectivity index (χ3n) is 4.50. The first-order valence-electron chi connectivity index (χ1n) is 7.61. The zero-order valence-electron chi connectivity index (χ0n) is 11.8. The predicted molar refractivity (Wildman–Crippen MR) is 72.9 cm³/mol. The van der Waals surface area contributed by atoms with Crippen molar-refractivity contribution in [1.29, 1.82) is 0 Å². The standard InChI is InChI=1S/C15H24N2O2/c1-2-13-10-17-14(19-13)11-16-12-5-8-18-15(9-12)6-3-4-7-15/h10,12,16H,2-9,11H2,1H3. The molecule has 1 aliphatic carbocycles. The quantitative estimate of drug-likeness (QED) is 0.908. The molecule has 19 heavy (non-hydrogen) atoms. The maximum atomic E-state index is 6.05. The van der Waals surface area contributed by atoms with Gasteiger partial charge in [0.15, 0.2) is 0 Å². The van der Waals surface area contributed by atoms with Gasteiger partial charge in [0.05, 0.1) is 18.3 Å². The average molecular weight is 264 g/mol. The third-order valence-corrected chi connectivity index (χ3v) is 4.50. The molecule has 1 N–H and O–H groups in total. The van der Waals surface area contributed by atoms with Crippen LogP contribution in [-0.2, 0) is 17.7 Å². The Balaban J connectivity index is 1.52. The van der Waals surface area contributed by atoms with Gasteiger partial charge in [0.1, 0.15) is 5.76 Å². The van der Waals surface area contributed by atoms with Crippen LogP contribution < -0.4 is 5.32 Å². The first-order valence-corrected chi connectivity index (χ1v) is 7.61. The second kappa shape index (κ2) is 5.63. The smallest absolute Gasteiger partial charge is 0.208 e. The van der Waals surface area contributed by atoms with Gasteiger partial charge < -0.3 is 14.5 Å². The molecule has 106 valence electrons. The van der Waals surface area contributed by atoms with Crippen LogP contribution in [0.1, 0.15) is 57.1 Å². The van der Waals surface area contributed by atoms with Crippen molar-refractivity contribution in [3.05, 3.63) is 17.8 Å². The van der Waals surface area contributed by atoms with Gasteiger partial charge in [-0.25, -0.2) is 4.98 Å². The first kappa shape index (κ1) is 13.1. The number of rotatable bonds is 4. The molecule has 1 aromatic heterocycles. The molecule has 1 spiro atoms. The Labute approximate surface area is 114 Å². The highest BCUT2D eigenvalue weighted by Crippen LogP contribution is 2.39. The van der Waals surface area contributed by atoms with E-state index in [0.29, 0.717) is 6.04 Å². The molecule has 1 saturated heterocycles. The summed E-state index contributed by atoms with van der Waals surface area (Å²) < 4.78 is 11.7. The molecule has 0 amide bonds. The summed E-state index contributed by atoms with van der Waals surface area (Å²) in [6.07, 6.45) is 10.1. The van der Waals surface area contributed by atoms with Gasteiger partial charge in [-0.1, -0.05) is 19.8 Å². The predicted octanol–water partition coefficient (Wildman–Crippen LogP) is 2.82. The first-order chi connectivity index (χ1) is 9.30. The van der Waals surface area contributed by atoms with E-state index in [2.05, 4.69) is 17.2 Å². The average Bonchev–Trinajstić information content (AvgIpc) is 3.06. The van der Waals surface area contributed by atoms with Crippen LogP contribution in [0.5, 0.6) is 0 Å². The Morgan fingerprint density at radius 2 is 2.26 bits per heavy atom. The Kier molecular flexibility index (Phi) is 3.89. The van der Waals surface area contributed by atoms with Crippen molar-refractivity contribution in [3.63, 3.8) is 0 Å². The highest BCUT2D eigenvalue weighted by Gasteiger charge is 2.39. The summed E-state index contributed by atoms with van der Waals surface area (Å²) in [6.45, 7) is 3.71. The van der Waals surface area contributed by atoms with E-state index in [1.54, 1.807) is 0 Å². The van der Waals surface area contributed by atoms with Gasteiger partial charge in [-0.2, -0.15) is 0 Å². The van der Waals surface area contributed by atoms with Crippen molar-refractivity contribution < 1.29 is 9.15 Å². The number of nitrogens with one attached hydrogen (secondary N) is 1. The lowest BCUT2D eigenvalue weighted by Gasteiger charge is -2.38. The van der Waals surface area contributed by atoms with E-state index >= 15 is 0 Å². The number of hydrogen-bond acceptors (Lipinski definition) is 4. The summed E-state index contributed by atoms with van der Waals surface area (Å²) in [7, 11) is 0. The maximum Gasteiger partial charge on any atom is 0.208 e. The van der Waals surface area contributed by atoms with Crippen molar-refractivity contribution >= 4 is 0 Å². The van der Waals surface area contributed by atoms with E-state index in [1.165, 1.54) is 25.7 Å². The van der Waals surface area contributed by atoms with Gasteiger partial charge in [-0.3, -0.25) is 0 Å². The van der Waals surface area contributed by atoms with Crippen molar-refractivity contribution in [2.24, 2.45) is 0 Å². The van der Waals surface area contributed by atoms with Gasteiger partial charge in [0.25, 0.3) is 0 Å². The fourth-order valence-electron chi connectivity index (χ4n) is 3.39. The summed E-state index contributed by atoms with van der Waals surface area (Å²) in [5, 5.41) is 3.59. The molecule has 1 aliphatic heterocycles. The maximum absolute atomic E-state index is 6.05. The molecule has 1 aromatic rings. The van der Waals surface area contributed by atoms with Crippen LogP contribution in [-0.4, -0.2) is 23.2 Å². The summed E-state index contributed by atoms with van der Waals surface area (Å²) >= 11 is 0. The molecule has 1 atom stereocenters. The summed E-state index contributed by atoms with van der Waals surface area (Å²) in [5.41, 5.74) is 0.182. The van der Waals surface area contributed by atoms with Gasteiger partial charge in [-0.15, -0.1) is 0 Å². The third kappa shape index (κ3) is 3.00. The molecule has 2 heterocycles. The number of oxazole rings is 1. The number of ether oxygens (including phenoxy) is 1. The minimum atomic E-state index is 0.182. The van der Waals surface area contributed by atoms with Crippen molar-refractivity contribution in [2.45, 2.75) is 70.1 Å². The molecule has 0 aromatic carbocycles. The number of aromatic nitrogens is 1. The van der Waals surface area contributed by atoms with Gasteiger partial charge >= 0.3 is 0 Å². The largest absolute Gasteiger partial charge is 0.444 e. The van der Waals surface area contributed by atoms with Crippen molar-refractivity contribution in [1.82, 2.24) is 10.3 Å². The molecular formula is C15H24N2O2. The van der Waals surface area contributed by atoms with Crippen LogP contribution in [0.3, 0.4) is 0 Å². The Morgan fingerprint density at radius 3 is 3.00 bits per heavy atom. The molecule has 4 heteroatoms. The molecule has 2 aliphatic rings. The fourth-order valence-corrected chi connectivity index (χ4v) is 3.39.